The Labute approximate surface area is 109 Å². The average molecular weight is 250 g/mol. The van der Waals surface area contributed by atoms with Crippen LogP contribution in [0.2, 0.25) is 0 Å². The van der Waals surface area contributed by atoms with E-state index in [-0.39, 0.29) is 5.82 Å². The average Bonchev–Trinajstić information content (AvgIpc) is 2.36. The summed E-state index contributed by atoms with van der Waals surface area (Å²) >= 11 is 0. The van der Waals surface area contributed by atoms with Crippen molar-refractivity contribution in [2.75, 3.05) is 12.3 Å². The zero-order valence-corrected chi connectivity index (χ0v) is 11.2. The summed E-state index contributed by atoms with van der Waals surface area (Å²) in [7, 11) is 0. The Morgan fingerprint density at radius 3 is 2.56 bits per heavy atom. The van der Waals surface area contributed by atoms with Gasteiger partial charge in [0.1, 0.15) is 5.82 Å². The van der Waals surface area contributed by atoms with Crippen LogP contribution in [0.1, 0.15) is 44.6 Å². The number of anilines is 1. The quantitative estimate of drug-likeness (QED) is 0.828. The van der Waals surface area contributed by atoms with Crippen molar-refractivity contribution in [2.24, 2.45) is 0 Å². The maximum Gasteiger partial charge on any atom is 0.125 e. The summed E-state index contributed by atoms with van der Waals surface area (Å²) in [6, 6.07) is 5.52. The van der Waals surface area contributed by atoms with Crippen LogP contribution < -0.4 is 5.73 Å². The molecule has 2 nitrogen and oxygen atoms in total. The molecule has 1 aromatic rings. The first-order chi connectivity index (χ1) is 8.69. The minimum atomic E-state index is -0.232. The van der Waals surface area contributed by atoms with Crippen LogP contribution in [0.3, 0.4) is 0 Å². The molecule has 0 aliphatic heterocycles. The van der Waals surface area contributed by atoms with E-state index in [0.29, 0.717) is 11.7 Å². The van der Waals surface area contributed by atoms with Gasteiger partial charge in [-0.15, -0.1) is 0 Å². The van der Waals surface area contributed by atoms with Crippen LogP contribution in [0.15, 0.2) is 18.2 Å². The molecule has 0 heterocycles. The highest BCUT2D eigenvalue weighted by atomic mass is 19.1. The van der Waals surface area contributed by atoms with Crippen molar-refractivity contribution in [2.45, 2.75) is 51.6 Å². The summed E-state index contributed by atoms with van der Waals surface area (Å²) in [6.07, 6.45) is 6.57. The molecule has 0 radical (unpaired) electrons. The number of nitrogen functional groups attached to an aromatic ring is 1. The molecule has 0 aromatic heterocycles. The second-order valence-electron chi connectivity index (χ2n) is 5.25. The maximum atomic E-state index is 13.3. The lowest BCUT2D eigenvalue weighted by Crippen LogP contribution is -2.36. The van der Waals surface area contributed by atoms with Gasteiger partial charge in [0, 0.05) is 18.3 Å². The molecule has 1 saturated carbocycles. The van der Waals surface area contributed by atoms with E-state index >= 15 is 0 Å². The van der Waals surface area contributed by atoms with Crippen LogP contribution >= 0.6 is 0 Å². The number of halogens is 1. The molecular formula is C15H23FN2. The van der Waals surface area contributed by atoms with Crippen LogP contribution in [0, 0.1) is 5.82 Å². The molecule has 1 aliphatic rings. The van der Waals surface area contributed by atoms with E-state index in [0.717, 1.165) is 18.7 Å². The number of nitrogens with zero attached hydrogens (tertiary/aromatic N) is 1. The molecule has 0 spiro atoms. The molecule has 0 unspecified atom stereocenters. The minimum Gasteiger partial charge on any atom is -0.399 e. The van der Waals surface area contributed by atoms with E-state index in [1.165, 1.54) is 38.2 Å². The number of rotatable bonds is 4. The van der Waals surface area contributed by atoms with E-state index < -0.39 is 0 Å². The van der Waals surface area contributed by atoms with Crippen LogP contribution in [-0.4, -0.2) is 17.5 Å². The fourth-order valence-electron chi connectivity index (χ4n) is 2.95. The third-order valence-electron chi connectivity index (χ3n) is 3.86. The fraction of sp³-hybridized carbons (Fsp3) is 0.600. The van der Waals surface area contributed by atoms with Gasteiger partial charge in [0.15, 0.2) is 0 Å². The molecular weight excluding hydrogens is 227 g/mol. The van der Waals surface area contributed by atoms with Crippen molar-refractivity contribution in [3.8, 4) is 0 Å². The summed E-state index contributed by atoms with van der Waals surface area (Å²) < 4.78 is 13.3. The zero-order valence-electron chi connectivity index (χ0n) is 11.2. The Kier molecular flexibility index (Phi) is 4.59. The largest absolute Gasteiger partial charge is 0.399 e. The first-order valence-electron chi connectivity index (χ1n) is 6.98. The zero-order chi connectivity index (χ0) is 13.0. The van der Waals surface area contributed by atoms with Gasteiger partial charge in [-0.1, -0.05) is 26.2 Å². The van der Waals surface area contributed by atoms with Crippen molar-refractivity contribution in [3.05, 3.63) is 29.6 Å². The molecule has 2 N–H and O–H groups in total. The standard InChI is InChI=1S/C15H23FN2/c1-2-18(15-6-4-3-5-7-15)11-12-8-13(16)10-14(17)9-12/h8-10,15H,2-7,11,17H2,1H3. The third kappa shape index (κ3) is 3.45. The Hall–Kier alpha value is -1.09. The van der Waals surface area contributed by atoms with Crippen molar-refractivity contribution >= 4 is 5.69 Å². The van der Waals surface area contributed by atoms with Gasteiger partial charge in [0.05, 0.1) is 0 Å². The van der Waals surface area contributed by atoms with Gasteiger partial charge in [-0.05, 0) is 43.1 Å². The van der Waals surface area contributed by atoms with Crippen molar-refractivity contribution < 1.29 is 4.39 Å². The Morgan fingerprint density at radius 2 is 1.94 bits per heavy atom. The summed E-state index contributed by atoms with van der Waals surface area (Å²) in [5.41, 5.74) is 7.20. The third-order valence-corrected chi connectivity index (χ3v) is 3.86. The molecule has 1 aliphatic carbocycles. The molecule has 100 valence electrons. The molecule has 0 saturated heterocycles. The van der Waals surface area contributed by atoms with Gasteiger partial charge < -0.3 is 5.73 Å². The number of hydrogen-bond acceptors (Lipinski definition) is 2. The monoisotopic (exact) mass is 250 g/mol. The van der Waals surface area contributed by atoms with Crippen LogP contribution in [-0.2, 0) is 6.54 Å². The van der Waals surface area contributed by atoms with Crippen molar-refractivity contribution in [1.29, 1.82) is 0 Å². The second kappa shape index (κ2) is 6.19. The Morgan fingerprint density at radius 1 is 1.22 bits per heavy atom. The van der Waals surface area contributed by atoms with Gasteiger partial charge in [-0.3, -0.25) is 4.90 Å². The highest BCUT2D eigenvalue weighted by Crippen LogP contribution is 2.24. The van der Waals surface area contributed by atoms with Gasteiger partial charge >= 0.3 is 0 Å². The van der Waals surface area contributed by atoms with Gasteiger partial charge in [0.25, 0.3) is 0 Å². The summed E-state index contributed by atoms with van der Waals surface area (Å²) in [6.45, 7) is 4.00. The van der Waals surface area contributed by atoms with Crippen LogP contribution in [0.5, 0.6) is 0 Å². The Bertz CT molecular complexity index is 366. The highest BCUT2D eigenvalue weighted by Gasteiger charge is 2.20. The molecule has 18 heavy (non-hydrogen) atoms. The Balaban J connectivity index is 2.04. The first-order valence-corrected chi connectivity index (χ1v) is 6.98. The van der Waals surface area contributed by atoms with Gasteiger partial charge in [-0.25, -0.2) is 4.39 Å². The van der Waals surface area contributed by atoms with E-state index in [1.54, 1.807) is 6.07 Å². The molecule has 2 rings (SSSR count). The molecule has 1 fully saturated rings. The van der Waals surface area contributed by atoms with Crippen molar-refractivity contribution in [1.82, 2.24) is 4.90 Å². The van der Waals surface area contributed by atoms with Crippen molar-refractivity contribution in [3.63, 3.8) is 0 Å². The lowest BCUT2D eigenvalue weighted by Gasteiger charge is -2.33. The van der Waals surface area contributed by atoms with Crippen LogP contribution in [0.4, 0.5) is 10.1 Å². The van der Waals surface area contributed by atoms with E-state index in [9.17, 15) is 4.39 Å². The van der Waals surface area contributed by atoms with Gasteiger partial charge in [-0.2, -0.15) is 0 Å². The smallest absolute Gasteiger partial charge is 0.125 e. The predicted molar refractivity (Wildman–Crippen MR) is 73.8 cm³/mol. The maximum absolute atomic E-state index is 13.3. The number of hydrogen-bond donors (Lipinski definition) is 1. The summed E-state index contributed by atoms with van der Waals surface area (Å²) in [4.78, 5) is 2.45. The predicted octanol–water partition coefficient (Wildman–Crippen LogP) is 3.56. The molecule has 1 aromatic carbocycles. The normalized spacial score (nSPS) is 17.3. The van der Waals surface area contributed by atoms with E-state index in [2.05, 4.69) is 11.8 Å². The second-order valence-corrected chi connectivity index (χ2v) is 5.25. The number of nitrogens with two attached hydrogens (primary N) is 1. The van der Waals surface area contributed by atoms with Crippen LogP contribution in [0.25, 0.3) is 0 Å². The van der Waals surface area contributed by atoms with E-state index in [4.69, 9.17) is 5.73 Å². The van der Waals surface area contributed by atoms with Gasteiger partial charge in [0.2, 0.25) is 0 Å². The summed E-state index contributed by atoms with van der Waals surface area (Å²) in [5.74, 6) is -0.232. The first kappa shape index (κ1) is 13.3. The molecule has 0 bridgehead atoms. The van der Waals surface area contributed by atoms with E-state index in [1.807, 2.05) is 6.07 Å². The lowest BCUT2D eigenvalue weighted by molar-refractivity contribution is 0.156. The highest BCUT2D eigenvalue weighted by molar-refractivity contribution is 5.41. The summed E-state index contributed by atoms with van der Waals surface area (Å²) in [5, 5.41) is 0. The molecule has 3 heteroatoms. The topological polar surface area (TPSA) is 29.3 Å². The minimum absolute atomic E-state index is 0.232. The lowest BCUT2D eigenvalue weighted by atomic mass is 9.94. The SMILES string of the molecule is CCN(Cc1cc(N)cc(F)c1)C1CCCCC1. The molecule has 0 amide bonds. The fourth-order valence-corrected chi connectivity index (χ4v) is 2.95. The molecule has 0 atom stereocenters. The number of benzene rings is 1.